The van der Waals surface area contributed by atoms with Crippen molar-refractivity contribution in [3.63, 3.8) is 0 Å². The summed E-state index contributed by atoms with van der Waals surface area (Å²) in [6.45, 7) is 4.43. The van der Waals surface area contributed by atoms with E-state index in [-0.39, 0.29) is 5.82 Å². The van der Waals surface area contributed by atoms with E-state index in [1.807, 2.05) is 36.4 Å². The lowest BCUT2D eigenvalue weighted by molar-refractivity contribution is 0.203. The fraction of sp³-hybridized carbons (Fsp3) is 0.379. The van der Waals surface area contributed by atoms with Crippen molar-refractivity contribution in [2.45, 2.75) is 64.9 Å². The zero-order valence-corrected chi connectivity index (χ0v) is 18.7. The second-order valence-corrected chi connectivity index (χ2v) is 8.87. The predicted octanol–water partition coefficient (Wildman–Crippen LogP) is 8.46. The van der Waals surface area contributed by atoms with Crippen molar-refractivity contribution < 1.29 is 9.13 Å². The predicted molar refractivity (Wildman–Crippen MR) is 128 cm³/mol. The van der Waals surface area contributed by atoms with Gasteiger partial charge >= 0.3 is 0 Å². The Balaban J connectivity index is 1.43. The van der Waals surface area contributed by atoms with Crippen LogP contribution in [0.5, 0.6) is 5.75 Å². The molecule has 0 spiro atoms. The molecule has 0 amide bonds. The Morgan fingerprint density at radius 1 is 0.806 bits per heavy atom. The van der Waals surface area contributed by atoms with Crippen LogP contribution < -0.4 is 4.74 Å². The summed E-state index contributed by atoms with van der Waals surface area (Å²) in [5.74, 6) is 1.50. The summed E-state index contributed by atoms with van der Waals surface area (Å²) in [4.78, 5) is 0. The van der Waals surface area contributed by atoms with E-state index in [2.05, 4.69) is 38.1 Å². The van der Waals surface area contributed by atoms with Gasteiger partial charge < -0.3 is 4.74 Å². The maximum atomic E-state index is 14.9. The van der Waals surface area contributed by atoms with Gasteiger partial charge in [0.2, 0.25) is 0 Å². The van der Waals surface area contributed by atoms with Gasteiger partial charge in [-0.25, -0.2) is 4.39 Å². The lowest BCUT2D eigenvalue weighted by Gasteiger charge is -2.15. The number of benzene rings is 3. The van der Waals surface area contributed by atoms with Gasteiger partial charge in [-0.3, -0.25) is 0 Å². The molecule has 1 saturated carbocycles. The van der Waals surface area contributed by atoms with Crippen LogP contribution in [0.3, 0.4) is 0 Å². The highest BCUT2D eigenvalue weighted by Gasteiger charge is 2.25. The first-order valence-electron chi connectivity index (χ1n) is 11.8. The molecule has 0 bridgehead atoms. The highest BCUT2D eigenvalue weighted by Crippen LogP contribution is 2.33. The van der Waals surface area contributed by atoms with Gasteiger partial charge in [0.15, 0.2) is 0 Å². The Hall–Kier alpha value is -2.61. The Morgan fingerprint density at radius 2 is 1.52 bits per heavy atom. The molecular weight excluding hydrogens is 383 g/mol. The quantitative estimate of drug-likeness (QED) is 0.358. The van der Waals surface area contributed by atoms with E-state index < -0.39 is 0 Å². The Kier molecular flexibility index (Phi) is 7.06. The van der Waals surface area contributed by atoms with Gasteiger partial charge in [0.1, 0.15) is 11.6 Å². The molecule has 0 aliphatic heterocycles. The van der Waals surface area contributed by atoms with Gasteiger partial charge in [-0.1, -0.05) is 81.6 Å². The molecule has 1 aliphatic rings. The topological polar surface area (TPSA) is 9.23 Å². The average molecular weight is 417 g/mol. The molecule has 3 aromatic carbocycles. The highest BCUT2D eigenvalue weighted by molar-refractivity contribution is 5.71. The van der Waals surface area contributed by atoms with Crippen LogP contribution in [0.25, 0.3) is 22.3 Å². The third-order valence-corrected chi connectivity index (χ3v) is 6.45. The van der Waals surface area contributed by atoms with Crippen LogP contribution in [0.2, 0.25) is 0 Å². The van der Waals surface area contributed by atoms with Gasteiger partial charge in [-0.15, -0.1) is 0 Å². The van der Waals surface area contributed by atoms with E-state index in [1.165, 1.54) is 24.8 Å². The number of rotatable bonds is 8. The zero-order valence-electron chi connectivity index (χ0n) is 18.7. The van der Waals surface area contributed by atoms with E-state index in [4.69, 9.17) is 4.74 Å². The molecule has 2 heteroatoms. The first-order chi connectivity index (χ1) is 15.2. The minimum atomic E-state index is -0.193. The van der Waals surface area contributed by atoms with Crippen molar-refractivity contribution >= 4 is 0 Å². The van der Waals surface area contributed by atoms with Crippen LogP contribution in [-0.4, -0.2) is 6.10 Å². The Labute approximate surface area is 186 Å². The molecule has 2 atom stereocenters. The third-order valence-electron chi connectivity index (χ3n) is 6.45. The summed E-state index contributed by atoms with van der Waals surface area (Å²) in [7, 11) is 0. The maximum Gasteiger partial charge on any atom is 0.131 e. The summed E-state index contributed by atoms with van der Waals surface area (Å²) in [5, 5.41) is 0. The van der Waals surface area contributed by atoms with Crippen molar-refractivity contribution in [2.24, 2.45) is 5.92 Å². The number of hydrogen-bond donors (Lipinski definition) is 0. The SMILES string of the molecule is CCCc1ccc(-c2ccc(-c3ccc(OC4CCC(CCC)C4)cc3)c(F)c2)cc1. The molecule has 31 heavy (non-hydrogen) atoms. The van der Waals surface area contributed by atoms with Crippen LogP contribution in [0, 0.1) is 11.7 Å². The van der Waals surface area contributed by atoms with Crippen LogP contribution in [0.15, 0.2) is 66.7 Å². The number of halogens is 1. The van der Waals surface area contributed by atoms with E-state index in [0.717, 1.165) is 54.0 Å². The average Bonchev–Trinajstić information content (AvgIpc) is 3.22. The van der Waals surface area contributed by atoms with Gasteiger partial charge in [0, 0.05) is 5.56 Å². The van der Waals surface area contributed by atoms with E-state index >= 15 is 0 Å². The molecule has 0 N–H and O–H groups in total. The molecular formula is C29H33FO. The third kappa shape index (κ3) is 5.36. The normalized spacial score (nSPS) is 18.3. The lowest BCUT2D eigenvalue weighted by Crippen LogP contribution is -2.12. The molecule has 1 nitrogen and oxygen atoms in total. The fourth-order valence-electron chi connectivity index (χ4n) is 4.79. The van der Waals surface area contributed by atoms with Crippen molar-refractivity contribution in [3.05, 3.63) is 78.1 Å². The lowest BCUT2D eigenvalue weighted by atomic mass is 9.98. The van der Waals surface area contributed by atoms with E-state index in [0.29, 0.717) is 11.7 Å². The first-order valence-corrected chi connectivity index (χ1v) is 11.8. The molecule has 0 heterocycles. The van der Waals surface area contributed by atoms with Crippen LogP contribution in [0.4, 0.5) is 4.39 Å². The molecule has 3 aromatic rings. The monoisotopic (exact) mass is 416 g/mol. The molecule has 0 saturated heterocycles. The summed E-state index contributed by atoms with van der Waals surface area (Å²) >= 11 is 0. The summed E-state index contributed by atoms with van der Waals surface area (Å²) in [6.07, 6.45) is 8.65. The minimum absolute atomic E-state index is 0.193. The van der Waals surface area contributed by atoms with E-state index in [1.54, 1.807) is 6.07 Å². The molecule has 0 radical (unpaired) electrons. The summed E-state index contributed by atoms with van der Waals surface area (Å²) in [6, 6.07) is 21.8. The van der Waals surface area contributed by atoms with Crippen LogP contribution in [-0.2, 0) is 6.42 Å². The van der Waals surface area contributed by atoms with Gasteiger partial charge in [0.05, 0.1) is 6.10 Å². The van der Waals surface area contributed by atoms with Crippen molar-refractivity contribution in [1.29, 1.82) is 0 Å². The van der Waals surface area contributed by atoms with Crippen molar-refractivity contribution in [2.75, 3.05) is 0 Å². The van der Waals surface area contributed by atoms with Crippen LogP contribution in [0.1, 0.15) is 57.9 Å². The highest BCUT2D eigenvalue weighted by atomic mass is 19.1. The second-order valence-electron chi connectivity index (χ2n) is 8.87. The van der Waals surface area contributed by atoms with Crippen molar-refractivity contribution in [3.8, 4) is 28.0 Å². The Bertz CT molecular complexity index is 975. The summed E-state index contributed by atoms with van der Waals surface area (Å²) in [5.41, 5.74) is 4.79. The number of ether oxygens (including phenoxy) is 1. The van der Waals surface area contributed by atoms with Gasteiger partial charge in [-0.2, -0.15) is 0 Å². The molecule has 1 fully saturated rings. The standard InChI is InChI=1S/C29H33FO/c1-3-5-21-7-10-23(11-8-21)25-14-18-28(29(30)20-25)24-12-16-26(17-13-24)31-27-15-9-22(19-27)6-4-2/h7-8,10-14,16-18,20,22,27H,3-6,9,15,19H2,1-2H3. The molecule has 162 valence electrons. The van der Waals surface area contributed by atoms with Gasteiger partial charge in [-0.05, 0) is 72.1 Å². The number of aryl methyl sites for hydroxylation is 1. The smallest absolute Gasteiger partial charge is 0.131 e. The van der Waals surface area contributed by atoms with E-state index in [9.17, 15) is 4.39 Å². The fourth-order valence-corrected chi connectivity index (χ4v) is 4.79. The largest absolute Gasteiger partial charge is 0.490 e. The number of hydrogen-bond acceptors (Lipinski definition) is 1. The summed E-state index contributed by atoms with van der Waals surface area (Å²) < 4.78 is 21.1. The van der Waals surface area contributed by atoms with Crippen LogP contribution >= 0.6 is 0 Å². The van der Waals surface area contributed by atoms with Crippen molar-refractivity contribution in [1.82, 2.24) is 0 Å². The molecule has 0 aromatic heterocycles. The molecule has 4 rings (SSSR count). The Morgan fingerprint density at radius 3 is 2.19 bits per heavy atom. The minimum Gasteiger partial charge on any atom is -0.490 e. The molecule has 1 aliphatic carbocycles. The zero-order chi connectivity index (χ0) is 21.6. The first kappa shape index (κ1) is 21.6. The molecule has 2 unspecified atom stereocenters. The second kappa shape index (κ2) is 10.1. The van der Waals surface area contributed by atoms with Gasteiger partial charge in [0.25, 0.3) is 0 Å². The maximum absolute atomic E-state index is 14.9.